The lowest BCUT2D eigenvalue weighted by molar-refractivity contribution is -0.115. The summed E-state index contributed by atoms with van der Waals surface area (Å²) in [4.78, 5) is 17.0. The van der Waals surface area contributed by atoms with Crippen LogP contribution in [-0.4, -0.2) is 20.5 Å². The predicted molar refractivity (Wildman–Crippen MR) is 113 cm³/mol. The summed E-state index contributed by atoms with van der Waals surface area (Å²) in [5.41, 5.74) is 2.55. The van der Waals surface area contributed by atoms with Gasteiger partial charge >= 0.3 is 0 Å². The number of thiazole rings is 1. The molecule has 28 heavy (non-hydrogen) atoms. The minimum absolute atomic E-state index is 0.0508. The minimum Gasteiger partial charge on any atom is -0.487 e. The van der Waals surface area contributed by atoms with Crippen molar-refractivity contribution in [2.45, 2.75) is 26.9 Å². The summed E-state index contributed by atoms with van der Waals surface area (Å²) >= 11 is 2.77. The fraction of sp³-hybridized carbons (Fsp3) is 0.200. The number of carbonyl (C=O) groups excluding carboxylic acids is 1. The summed E-state index contributed by atoms with van der Waals surface area (Å²) in [6.45, 7) is 4.12. The summed E-state index contributed by atoms with van der Waals surface area (Å²) in [6, 6.07) is 12.2. The number of carbonyl (C=O) groups is 1. The summed E-state index contributed by atoms with van der Waals surface area (Å²) in [6.07, 6.45) is 0.424. The number of benzene rings is 2. The summed E-state index contributed by atoms with van der Waals surface area (Å²) in [5, 5.41) is 11.8. The Balaban J connectivity index is 1.64. The second-order valence-electron chi connectivity index (χ2n) is 6.17. The molecule has 0 aliphatic rings. The minimum atomic E-state index is -0.0508. The maximum atomic E-state index is 11.5. The normalized spacial score (nSPS) is 10.9. The highest BCUT2D eigenvalue weighted by Gasteiger charge is 2.17. The van der Waals surface area contributed by atoms with Gasteiger partial charge in [0.2, 0.25) is 5.91 Å². The van der Waals surface area contributed by atoms with Crippen molar-refractivity contribution in [2.24, 2.45) is 0 Å². The Morgan fingerprint density at radius 3 is 2.86 bits per heavy atom. The molecule has 0 aliphatic heterocycles. The first-order chi connectivity index (χ1) is 13.7. The van der Waals surface area contributed by atoms with Crippen LogP contribution in [0.5, 0.6) is 5.75 Å². The quantitative estimate of drug-likeness (QED) is 0.481. The van der Waals surface area contributed by atoms with Crippen LogP contribution >= 0.6 is 22.9 Å². The van der Waals surface area contributed by atoms with Crippen LogP contribution in [0.15, 0.2) is 41.8 Å². The first-order valence-electron chi connectivity index (χ1n) is 8.84. The molecule has 4 rings (SSSR count). The number of aromatic nitrogens is 3. The van der Waals surface area contributed by atoms with Gasteiger partial charge in [0, 0.05) is 11.8 Å². The SMILES string of the molecule is CCC(=O)Nc1nc(COc2ccc3ccccc3c2-c2nnsc2C)cs1. The van der Waals surface area contributed by atoms with E-state index in [2.05, 4.69) is 32.0 Å². The average Bonchev–Trinajstić information content (AvgIpc) is 3.34. The van der Waals surface area contributed by atoms with Crippen LogP contribution in [-0.2, 0) is 11.4 Å². The van der Waals surface area contributed by atoms with E-state index in [1.54, 1.807) is 0 Å². The van der Waals surface area contributed by atoms with Gasteiger partial charge < -0.3 is 10.1 Å². The number of aryl methyl sites for hydroxylation is 1. The van der Waals surface area contributed by atoms with Crippen LogP contribution in [0.25, 0.3) is 22.0 Å². The van der Waals surface area contributed by atoms with Crippen molar-refractivity contribution in [3.05, 3.63) is 52.3 Å². The Labute approximate surface area is 170 Å². The highest BCUT2D eigenvalue weighted by Crippen LogP contribution is 2.38. The maximum absolute atomic E-state index is 11.5. The van der Waals surface area contributed by atoms with Gasteiger partial charge in [0.1, 0.15) is 18.1 Å². The Morgan fingerprint density at radius 1 is 1.21 bits per heavy atom. The number of nitrogens with zero attached hydrogens (tertiary/aromatic N) is 3. The van der Waals surface area contributed by atoms with Crippen molar-refractivity contribution in [1.82, 2.24) is 14.6 Å². The molecule has 0 radical (unpaired) electrons. The smallest absolute Gasteiger partial charge is 0.225 e. The van der Waals surface area contributed by atoms with Crippen LogP contribution < -0.4 is 10.1 Å². The molecule has 0 aliphatic carbocycles. The van der Waals surface area contributed by atoms with E-state index in [0.717, 1.165) is 38.4 Å². The van der Waals surface area contributed by atoms with Crippen LogP contribution in [0.1, 0.15) is 23.9 Å². The lowest BCUT2D eigenvalue weighted by Crippen LogP contribution is -2.09. The number of anilines is 1. The fourth-order valence-corrected chi connectivity index (χ4v) is 4.05. The monoisotopic (exact) mass is 410 g/mol. The predicted octanol–water partition coefficient (Wildman–Crippen LogP) is 5.05. The zero-order valence-corrected chi connectivity index (χ0v) is 17.1. The zero-order chi connectivity index (χ0) is 19.5. The number of amides is 1. The summed E-state index contributed by atoms with van der Waals surface area (Å²) < 4.78 is 10.2. The van der Waals surface area contributed by atoms with Crippen molar-refractivity contribution >= 4 is 44.7 Å². The molecular weight excluding hydrogens is 392 g/mol. The first-order valence-corrected chi connectivity index (χ1v) is 10.5. The highest BCUT2D eigenvalue weighted by molar-refractivity contribution is 7.13. The Morgan fingerprint density at radius 2 is 2.07 bits per heavy atom. The van der Waals surface area contributed by atoms with E-state index < -0.39 is 0 Å². The van der Waals surface area contributed by atoms with Crippen LogP contribution in [0.3, 0.4) is 0 Å². The largest absolute Gasteiger partial charge is 0.487 e. The van der Waals surface area contributed by atoms with E-state index in [1.165, 1.54) is 22.9 Å². The Hall–Kier alpha value is -2.84. The van der Waals surface area contributed by atoms with Crippen LogP contribution in [0.4, 0.5) is 5.13 Å². The number of rotatable bonds is 6. The van der Waals surface area contributed by atoms with E-state index >= 15 is 0 Å². The zero-order valence-electron chi connectivity index (χ0n) is 15.4. The molecule has 0 atom stereocenters. The highest BCUT2D eigenvalue weighted by atomic mass is 32.1. The van der Waals surface area contributed by atoms with Gasteiger partial charge in [-0.2, -0.15) is 0 Å². The standard InChI is InChI=1S/C20H18N4O2S2/c1-3-17(25)22-20-21-14(11-27-20)10-26-16-9-8-13-6-4-5-7-15(13)18(16)19-12(2)28-24-23-19/h4-9,11H,3,10H2,1-2H3,(H,21,22,25). The molecule has 0 unspecified atom stereocenters. The lowest BCUT2D eigenvalue weighted by Gasteiger charge is -2.13. The molecule has 6 nitrogen and oxygen atoms in total. The summed E-state index contributed by atoms with van der Waals surface area (Å²) in [7, 11) is 0. The van der Waals surface area contributed by atoms with Gasteiger partial charge in [0.15, 0.2) is 5.13 Å². The van der Waals surface area contributed by atoms with Gasteiger partial charge in [0.05, 0.1) is 16.1 Å². The molecule has 0 saturated heterocycles. The van der Waals surface area contributed by atoms with Gasteiger partial charge in [-0.15, -0.1) is 16.4 Å². The van der Waals surface area contributed by atoms with Gasteiger partial charge in [-0.3, -0.25) is 4.79 Å². The van der Waals surface area contributed by atoms with Crippen LogP contribution in [0.2, 0.25) is 0 Å². The van der Waals surface area contributed by atoms with E-state index in [9.17, 15) is 4.79 Å². The third-order valence-corrected chi connectivity index (χ3v) is 5.71. The Kier molecular flexibility index (Phi) is 5.31. The first kappa shape index (κ1) is 18.5. The maximum Gasteiger partial charge on any atom is 0.225 e. The fourth-order valence-electron chi connectivity index (χ4n) is 2.87. The van der Waals surface area contributed by atoms with E-state index in [-0.39, 0.29) is 5.91 Å². The van der Waals surface area contributed by atoms with Gasteiger partial charge in [0.25, 0.3) is 0 Å². The molecule has 142 valence electrons. The molecule has 1 N–H and O–H groups in total. The number of fused-ring (bicyclic) bond motifs is 1. The third kappa shape index (κ3) is 3.74. The molecular formula is C20H18N4O2S2. The molecule has 0 bridgehead atoms. The van der Waals surface area contributed by atoms with E-state index in [0.29, 0.717) is 18.2 Å². The lowest BCUT2D eigenvalue weighted by atomic mass is 10.0. The van der Waals surface area contributed by atoms with Crippen LogP contribution in [0, 0.1) is 6.92 Å². The van der Waals surface area contributed by atoms with E-state index in [1.807, 2.05) is 43.5 Å². The van der Waals surface area contributed by atoms with Gasteiger partial charge in [-0.1, -0.05) is 41.7 Å². The van der Waals surface area contributed by atoms with Crippen molar-refractivity contribution < 1.29 is 9.53 Å². The molecule has 8 heteroatoms. The third-order valence-electron chi connectivity index (χ3n) is 4.27. The molecule has 2 heterocycles. The van der Waals surface area contributed by atoms with Crippen molar-refractivity contribution in [3.8, 4) is 17.0 Å². The summed E-state index contributed by atoms with van der Waals surface area (Å²) in [5.74, 6) is 0.687. The molecule has 0 saturated carbocycles. The Bertz CT molecular complexity index is 1140. The molecule has 4 aromatic rings. The van der Waals surface area contributed by atoms with Crippen molar-refractivity contribution in [1.29, 1.82) is 0 Å². The molecule has 1 amide bonds. The van der Waals surface area contributed by atoms with Crippen molar-refractivity contribution in [3.63, 3.8) is 0 Å². The second kappa shape index (κ2) is 8.04. The second-order valence-corrected chi connectivity index (χ2v) is 7.99. The average molecular weight is 411 g/mol. The number of hydrogen-bond acceptors (Lipinski definition) is 7. The molecule has 0 fully saturated rings. The van der Waals surface area contributed by atoms with E-state index in [4.69, 9.17) is 4.74 Å². The van der Waals surface area contributed by atoms with Crippen molar-refractivity contribution in [2.75, 3.05) is 5.32 Å². The van der Waals surface area contributed by atoms with Gasteiger partial charge in [-0.25, -0.2) is 4.98 Å². The molecule has 0 spiro atoms. The molecule has 2 aromatic carbocycles. The van der Waals surface area contributed by atoms with Gasteiger partial charge in [-0.05, 0) is 35.3 Å². The topological polar surface area (TPSA) is 77.0 Å². The number of nitrogens with one attached hydrogen (secondary N) is 1. The number of hydrogen-bond donors (Lipinski definition) is 1. The molecule has 2 aromatic heterocycles. The number of ether oxygens (including phenoxy) is 1.